The quantitative estimate of drug-likeness (QED) is 0.743. The Bertz CT molecular complexity index is 301. The minimum atomic E-state index is -0.490. The van der Waals surface area contributed by atoms with Gasteiger partial charge in [0.15, 0.2) is 6.61 Å². The first-order chi connectivity index (χ1) is 6.22. The van der Waals surface area contributed by atoms with Crippen molar-refractivity contribution in [2.24, 2.45) is 5.73 Å². The van der Waals surface area contributed by atoms with Gasteiger partial charge in [0.05, 0.1) is 0 Å². The molecule has 3 nitrogen and oxygen atoms in total. The third-order valence-corrected chi connectivity index (χ3v) is 1.74. The molecule has 70 valence electrons. The molecule has 0 saturated carbocycles. The van der Waals surface area contributed by atoms with E-state index in [2.05, 4.69) is 0 Å². The molecule has 1 aromatic rings. The summed E-state index contributed by atoms with van der Waals surface area (Å²) in [5.74, 6) is 0.543. The molecular weight excluding hydrogens is 190 g/mol. The Morgan fingerprint density at radius 2 is 2.31 bits per heavy atom. The van der Waals surface area contributed by atoms with Gasteiger partial charge >= 0.3 is 0 Å². The Kier molecular flexibility index (Phi) is 3.58. The Labute approximate surface area is 81.4 Å². The Morgan fingerprint density at radius 3 is 2.92 bits per heavy atom. The van der Waals surface area contributed by atoms with Crippen molar-refractivity contribution in [3.63, 3.8) is 0 Å². The van der Waals surface area contributed by atoms with E-state index < -0.39 is 5.91 Å². The number of carbonyl (C=O) groups is 1. The number of ether oxygens (including phenoxy) is 1. The number of rotatable bonds is 4. The maximum atomic E-state index is 10.4. The van der Waals surface area contributed by atoms with Gasteiger partial charge in [0.2, 0.25) is 0 Å². The molecule has 0 heterocycles. The average molecular weight is 200 g/mol. The van der Waals surface area contributed by atoms with Gasteiger partial charge in [-0.1, -0.05) is 12.1 Å². The molecule has 0 atom stereocenters. The highest BCUT2D eigenvalue weighted by molar-refractivity contribution is 6.17. The number of primary amides is 1. The standard InChI is InChI=1S/C9H10ClNO2/c10-5-7-2-1-3-8(4-7)13-6-9(11)12/h1-4H,5-6H2,(H2,11,12). The van der Waals surface area contributed by atoms with Crippen LogP contribution < -0.4 is 10.5 Å². The van der Waals surface area contributed by atoms with E-state index in [0.29, 0.717) is 11.6 Å². The van der Waals surface area contributed by atoms with E-state index in [-0.39, 0.29) is 6.61 Å². The van der Waals surface area contributed by atoms with E-state index in [9.17, 15) is 4.79 Å². The molecule has 0 aliphatic heterocycles. The second-order valence-corrected chi connectivity index (χ2v) is 2.80. The Morgan fingerprint density at radius 1 is 1.54 bits per heavy atom. The lowest BCUT2D eigenvalue weighted by atomic mass is 10.2. The van der Waals surface area contributed by atoms with Crippen LogP contribution in [0.4, 0.5) is 0 Å². The zero-order valence-electron chi connectivity index (χ0n) is 7.00. The lowest BCUT2D eigenvalue weighted by Crippen LogP contribution is -2.20. The van der Waals surface area contributed by atoms with Crippen LogP contribution in [0.15, 0.2) is 24.3 Å². The van der Waals surface area contributed by atoms with E-state index >= 15 is 0 Å². The van der Waals surface area contributed by atoms with Crippen LogP contribution >= 0.6 is 11.6 Å². The summed E-state index contributed by atoms with van der Waals surface area (Å²) in [4.78, 5) is 10.4. The summed E-state index contributed by atoms with van der Waals surface area (Å²) in [7, 11) is 0. The summed E-state index contributed by atoms with van der Waals surface area (Å²) in [6, 6.07) is 7.22. The Hall–Kier alpha value is -1.22. The molecule has 0 aromatic heterocycles. The molecule has 1 amide bonds. The van der Waals surface area contributed by atoms with E-state index in [4.69, 9.17) is 22.1 Å². The van der Waals surface area contributed by atoms with Gasteiger partial charge in [0.1, 0.15) is 5.75 Å². The lowest BCUT2D eigenvalue weighted by Gasteiger charge is -2.04. The van der Waals surface area contributed by atoms with Crippen molar-refractivity contribution >= 4 is 17.5 Å². The molecular formula is C9H10ClNO2. The fourth-order valence-corrected chi connectivity index (χ4v) is 1.04. The summed E-state index contributed by atoms with van der Waals surface area (Å²) >= 11 is 5.61. The average Bonchev–Trinajstić information content (AvgIpc) is 2.15. The summed E-state index contributed by atoms with van der Waals surface area (Å²) in [5, 5.41) is 0. The molecule has 2 N–H and O–H groups in total. The van der Waals surface area contributed by atoms with Crippen LogP contribution in [0.5, 0.6) is 5.75 Å². The first kappa shape index (κ1) is 9.86. The molecule has 0 fully saturated rings. The zero-order chi connectivity index (χ0) is 9.68. The Balaban J connectivity index is 2.61. The highest BCUT2D eigenvalue weighted by atomic mass is 35.5. The molecule has 1 rings (SSSR count). The predicted octanol–water partition coefficient (Wildman–Crippen LogP) is 1.29. The smallest absolute Gasteiger partial charge is 0.255 e. The van der Waals surface area contributed by atoms with Crippen LogP contribution in [0.2, 0.25) is 0 Å². The van der Waals surface area contributed by atoms with Crippen LogP contribution in [0, 0.1) is 0 Å². The summed E-state index contributed by atoms with van der Waals surface area (Å²) < 4.78 is 5.08. The highest BCUT2D eigenvalue weighted by Gasteiger charge is 1.97. The molecule has 0 aliphatic rings. The van der Waals surface area contributed by atoms with Crippen LogP contribution in [-0.4, -0.2) is 12.5 Å². The first-order valence-corrected chi connectivity index (χ1v) is 4.32. The van der Waals surface area contributed by atoms with Crippen LogP contribution in [0.1, 0.15) is 5.56 Å². The van der Waals surface area contributed by atoms with Gasteiger partial charge in [-0.25, -0.2) is 0 Å². The van der Waals surface area contributed by atoms with E-state index in [1.54, 1.807) is 12.1 Å². The monoisotopic (exact) mass is 199 g/mol. The number of hydrogen-bond acceptors (Lipinski definition) is 2. The van der Waals surface area contributed by atoms with Crippen molar-refractivity contribution in [3.05, 3.63) is 29.8 Å². The molecule has 13 heavy (non-hydrogen) atoms. The van der Waals surface area contributed by atoms with Gasteiger partial charge in [0.25, 0.3) is 5.91 Å². The summed E-state index contributed by atoms with van der Waals surface area (Å²) in [6.45, 7) is -0.105. The van der Waals surface area contributed by atoms with Gasteiger partial charge < -0.3 is 10.5 Å². The van der Waals surface area contributed by atoms with Gasteiger partial charge in [-0.3, -0.25) is 4.79 Å². The third kappa shape index (κ3) is 3.34. The molecule has 0 saturated heterocycles. The molecule has 0 bridgehead atoms. The maximum Gasteiger partial charge on any atom is 0.255 e. The number of halogens is 1. The molecule has 4 heteroatoms. The van der Waals surface area contributed by atoms with Crippen molar-refractivity contribution in [1.29, 1.82) is 0 Å². The van der Waals surface area contributed by atoms with Crippen molar-refractivity contribution in [3.8, 4) is 5.75 Å². The van der Waals surface area contributed by atoms with Crippen molar-refractivity contribution in [2.45, 2.75) is 5.88 Å². The van der Waals surface area contributed by atoms with Gasteiger partial charge in [-0.05, 0) is 17.7 Å². The number of benzene rings is 1. The first-order valence-electron chi connectivity index (χ1n) is 3.78. The molecule has 0 aliphatic carbocycles. The number of amides is 1. The second-order valence-electron chi connectivity index (χ2n) is 2.54. The van der Waals surface area contributed by atoms with Gasteiger partial charge in [-0.15, -0.1) is 11.6 Å². The second kappa shape index (κ2) is 4.72. The fourth-order valence-electron chi connectivity index (χ4n) is 0.873. The number of carbonyl (C=O) groups excluding carboxylic acids is 1. The van der Waals surface area contributed by atoms with Crippen LogP contribution in [0.3, 0.4) is 0 Å². The molecule has 1 aromatic carbocycles. The molecule has 0 spiro atoms. The molecule has 0 unspecified atom stereocenters. The normalized spacial score (nSPS) is 9.62. The zero-order valence-corrected chi connectivity index (χ0v) is 7.75. The lowest BCUT2D eigenvalue weighted by molar-refractivity contribution is -0.119. The topological polar surface area (TPSA) is 52.3 Å². The number of hydrogen-bond donors (Lipinski definition) is 1. The van der Waals surface area contributed by atoms with Gasteiger partial charge in [0, 0.05) is 5.88 Å². The minimum Gasteiger partial charge on any atom is -0.484 e. The largest absolute Gasteiger partial charge is 0.484 e. The summed E-state index contributed by atoms with van der Waals surface area (Å²) in [6.07, 6.45) is 0. The van der Waals surface area contributed by atoms with Gasteiger partial charge in [-0.2, -0.15) is 0 Å². The maximum absolute atomic E-state index is 10.4. The van der Waals surface area contributed by atoms with E-state index in [0.717, 1.165) is 5.56 Å². The highest BCUT2D eigenvalue weighted by Crippen LogP contribution is 2.14. The number of nitrogens with two attached hydrogens (primary N) is 1. The molecule has 0 radical (unpaired) electrons. The van der Waals surface area contributed by atoms with E-state index in [1.165, 1.54) is 0 Å². The van der Waals surface area contributed by atoms with E-state index in [1.807, 2.05) is 12.1 Å². The fraction of sp³-hybridized carbons (Fsp3) is 0.222. The number of alkyl halides is 1. The minimum absolute atomic E-state index is 0.105. The van der Waals surface area contributed by atoms with Crippen molar-refractivity contribution in [1.82, 2.24) is 0 Å². The van der Waals surface area contributed by atoms with Crippen molar-refractivity contribution in [2.75, 3.05) is 6.61 Å². The predicted molar refractivity (Wildman–Crippen MR) is 50.7 cm³/mol. The third-order valence-electron chi connectivity index (χ3n) is 1.43. The van der Waals surface area contributed by atoms with Crippen LogP contribution in [-0.2, 0) is 10.7 Å². The van der Waals surface area contributed by atoms with Crippen molar-refractivity contribution < 1.29 is 9.53 Å². The SMILES string of the molecule is NC(=O)COc1cccc(CCl)c1. The summed E-state index contributed by atoms with van der Waals surface area (Å²) in [5.41, 5.74) is 5.87. The van der Waals surface area contributed by atoms with Crippen LogP contribution in [0.25, 0.3) is 0 Å².